The van der Waals surface area contributed by atoms with E-state index in [1.807, 2.05) is 0 Å². The SMILES string of the molecule is Cc1ccc(OCC(N)=S)cc1F. The molecule has 0 amide bonds. The topological polar surface area (TPSA) is 35.2 Å². The molecule has 0 spiro atoms. The zero-order valence-corrected chi connectivity index (χ0v) is 8.03. The molecule has 0 aliphatic rings. The van der Waals surface area contributed by atoms with E-state index in [9.17, 15) is 4.39 Å². The van der Waals surface area contributed by atoms with Crippen LogP contribution in [-0.2, 0) is 0 Å². The minimum Gasteiger partial charge on any atom is -0.486 e. The molecule has 0 radical (unpaired) electrons. The van der Waals surface area contributed by atoms with E-state index in [-0.39, 0.29) is 17.4 Å². The lowest BCUT2D eigenvalue weighted by atomic mass is 10.2. The summed E-state index contributed by atoms with van der Waals surface area (Å²) >= 11 is 4.61. The third-order valence-corrected chi connectivity index (χ3v) is 1.64. The van der Waals surface area contributed by atoms with Crippen molar-refractivity contribution >= 4 is 17.2 Å². The summed E-state index contributed by atoms with van der Waals surface area (Å²) < 4.78 is 18.1. The molecule has 1 rings (SSSR count). The number of halogens is 1. The standard InChI is InChI=1S/C9H10FNOS/c1-6-2-3-7(4-8(6)10)12-5-9(11)13/h2-4H,5H2,1H3,(H2,11,13). The van der Waals surface area contributed by atoms with E-state index in [1.54, 1.807) is 19.1 Å². The van der Waals surface area contributed by atoms with E-state index in [0.29, 0.717) is 11.3 Å². The number of hydrogen-bond donors (Lipinski definition) is 1. The first-order valence-electron chi connectivity index (χ1n) is 3.77. The van der Waals surface area contributed by atoms with Crippen molar-refractivity contribution in [1.82, 2.24) is 0 Å². The molecule has 0 atom stereocenters. The molecule has 0 unspecified atom stereocenters. The molecule has 0 fully saturated rings. The molecule has 2 nitrogen and oxygen atoms in total. The van der Waals surface area contributed by atoms with E-state index in [2.05, 4.69) is 12.2 Å². The summed E-state index contributed by atoms with van der Waals surface area (Å²) in [7, 11) is 0. The average Bonchev–Trinajstić information content (AvgIpc) is 2.07. The molecule has 0 saturated heterocycles. The summed E-state index contributed by atoms with van der Waals surface area (Å²) in [4.78, 5) is 0.251. The van der Waals surface area contributed by atoms with Crippen LogP contribution >= 0.6 is 12.2 Å². The Kier molecular flexibility index (Phi) is 3.19. The molecule has 1 aromatic carbocycles. The second-order valence-electron chi connectivity index (χ2n) is 2.67. The van der Waals surface area contributed by atoms with E-state index in [4.69, 9.17) is 10.5 Å². The zero-order valence-electron chi connectivity index (χ0n) is 7.21. The molecule has 2 N–H and O–H groups in total. The van der Waals surface area contributed by atoms with Crippen LogP contribution in [0.2, 0.25) is 0 Å². The highest BCUT2D eigenvalue weighted by Crippen LogP contribution is 2.15. The highest BCUT2D eigenvalue weighted by atomic mass is 32.1. The lowest BCUT2D eigenvalue weighted by Gasteiger charge is -2.05. The van der Waals surface area contributed by atoms with Gasteiger partial charge in [-0.1, -0.05) is 18.3 Å². The highest BCUT2D eigenvalue weighted by Gasteiger charge is 2.00. The molecule has 0 aromatic heterocycles. The van der Waals surface area contributed by atoms with Crippen molar-refractivity contribution in [3.63, 3.8) is 0 Å². The van der Waals surface area contributed by atoms with Crippen LogP contribution in [0.25, 0.3) is 0 Å². The van der Waals surface area contributed by atoms with Crippen molar-refractivity contribution in [1.29, 1.82) is 0 Å². The third kappa shape index (κ3) is 2.99. The summed E-state index contributed by atoms with van der Waals surface area (Å²) in [5.41, 5.74) is 5.81. The Labute approximate surface area is 81.5 Å². The van der Waals surface area contributed by atoms with Crippen molar-refractivity contribution in [3.05, 3.63) is 29.6 Å². The molecule has 70 valence electrons. The van der Waals surface area contributed by atoms with Gasteiger partial charge in [0.25, 0.3) is 0 Å². The van der Waals surface area contributed by atoms with Crippen LogP contribution in [0.5, 0.6) is 5.75 Å². The Morgan fingerprint density at radius 3 is 2.85 bits per heavy atom. The highest BCUT2D eigenvalue weighted by molar-refractivity contribution is 7.80. The number of benzene rings is 1. The Balaban J connectivity index is 2.68. The van der Waals surface area contributed by atoms with Gasteiger partial charge in [-0.3, -0.25) is 0 Å². The first kappa shape index (κ1) is 9.92. The molecule has 0 heterocycles. The molecular weight excluding hydrogens is 189 g/mol. The van der Waals surface area contributed by atoms with Gasteiger partial charge in [0.1, 0.15) is 23.2 Å². The molecule has 13 heavy (non-hydrogen) atoms. The minimum atomic E-state index is -0.291. The number of thiocarbonyl (C=S) groups is 1. The van der Waals surface area contributed by atoms with Crippen molar-refractivity contribution < 1.29 is 9.13 Å². The van der Waals surface area contributed by atoms with E-state index in [1.165, 1.54) is 6.07 Å². The maximum absolute atomic E-state index is 13.0. The average molecular weight is 199 g/mol. The summed E-state index contributed by atoms with van der Waals surface area (Å²) in [6.45, 7) is 1.82. The van der Waals surface area contributed by atoms with Gasteiger partial charge < -0.3 is 10.5 Å². The number of rotatable bonds is 3. The summed E-state index contributed by atoms with van der Waals surface area (Å²) in [6.07, 6.45) is 0. The molecule has 0 bridgehead atoms. The fourth-order valence-electron chi connectivity index (χ4n) is 0.818. The quantitative estimate of drug-likeness (QED) is 0.754. The molecule has 1 aromatic rings. The smallest absolute Gasteiger partial charge is 0.138 e. The normalized spacial score (nSPS) is 9.69. The van der Waals surface area contributed by atoms with Crippen LogP contribution in [-0.4, -0.2) is 11.6 Å². The van der Waals surface area contributed by atoms with Gasteiger partial charge in [0.15, 0.2) is 0 Å². The van der Waals surface area contributed by atoms with Crippen LogP contribution in [0.4, 0.5) is 4.39 Å². The van der Waals surface area contributed by atoms with Crippen LogP contribution in [0.15, 0.2) is 18.2 Å². The second-order valence-corrected chi connectivity index (χ2v) is 3.19. The third-order valence-electron chi connectivity index (χ3n) is 1.52. The monoisotopic (exact) mass is 199 g/mol. The number of ether oxygens (including phenoxy) is 1. The summed E-state index contributed by atoms with van der Waals surface area (Å²) in [6, 6.07) is 4.63. The van der Waals surface area contributed by atoms with Gasteiger partial charge in [-0.2, -0.15) is 0 Å². The van der Waals surface area contributed by atoms with Gasteiger partial charge in [0.05, 0.1) is 0 Å². The number of aryl methyl sites for hydroxylation is 1. The first-order valence-corrected chi connectivity index (χ1v) is 4.17. The van der Waals surface area contributed by atoms with Crippen LogP contribution in [0.1, 0.15) is 5.56 Å². The zero-order chi connectivity index (χ0) is 9.84. The predicted molar refractivity (Wildman–Crippen MR) is 53.4 cm³/mol. The van der Waals surface area contributed by atoms with E-state index >= 15 is 0 Å². The van der Waals surface area contributed by atoms with E-state index < -0.39 is 0 Å². The Morgan fingerprint density at radius 1 is 1.62 bits per heavy atom. The van der Waals surface area contributed by atoms with Crippen LogP contribution in [0.3, 0.4) is 0 Å². The van der Waals surface area contributed by atoms with Gasteiger partial charge in [-0.25, -0.2) is 4.39 Å². The maximum Gasteiger partial charge on any atom is 0.138 e. The maximum atomic E-state index is 13.0. The number of hydrogen-bond acceptors (Lipinski definition) is 2. The van der Waals surface area contributed by atoms with E-state index in [0.717, 1.165) is 0 Å². The lowest BCUT2D eigenvalue weighted by molar-refractivity contribution is 0.374. The number of nitrogens with two attached hydrogens (primary N) is 1. The van der Waals surface area contributed by atoms with Crippen molar-refractivity contribution in [2.24, 2.45) is 5.73 Å². The Morgan fingerprint density at radius 2 is 2.31 bits per heavy atom. The van der Waals surface area contributed by atoms with Crippen molar-refractivity contribution in [2.45, 2.75) is 6.92 Å². The van der Waals surface area contributed by atoms with Crippen molar-refractivity contribution in [2.75, 3.05) is 6.61 Å². The molecular formula is C9H10FNOS. The van der Waals surface area contributed by atoms with Crippen LogP contribution < -0.4 is 10.5 Å². The Hall–Kier alpha value is -1.16. The minimum absolute atomic E-state index is 0.137. The van der Waals surface area contributed by atoms with Gasteiger partial charge in [0, 0.05) is 6.07 Å². The fraction of sp³-hybridized carbons (Fsp3) is 0.222. The van der Waals surface area contributed by atoms with Crippen LogP contribution in [0, 0.1) is 12.7 Å². The largest absolute Gasteiger partial charge is 0.486 e. The summed E-state index contributed by atoms with van der Waals surface area (Å²) in [5.74, 6) is 0.149. The molecule has 0 saturated carbocycles. The lowest BCUT2D eigenvalue weighted by Crippen LogP contribution is -2.17. The van der Waals surface area contributed by atoms with Crippen molar-refractivity contribution in [3.8, 4) is 5.75 Å². The molecule has 0 aliphatic carbocycles. The predicted octanol–water partition coefficient (Wildman–Crippen LogP) is 1.80. The molecule has 0 aliphatic heterocycles. The summed E-state index contributed by atoms with van der Waals surface area (Å²) in [5, 5.41) is 0. The Bertz CT molecular complexity index is 327. The van der Waals surface area contributed by atoms with Gasteiger partial charge in [-0.15, -0.1) is 0 Å². The van der Waals surface area contributed by atoms with Gasteiger partial charge in [0.2, 0.25) is 0 Å². The second kappa shape index (κ2) is 4.18. The molecule has 4 heteroatoms. The first-order chi connectivity index (χ1) is 6.09. The fourth-order valence-corrected chi connectivity index (χ4v) is 0.877. The van der Waals surface area contributed by atoms with Gasteiger partial charge in [-0.05, 0) is 18.6 Å². The van der Waals surface area contributed by atoms with Gasteiger partial charge >= 0.3 is 0 Å².